The molecule has 1 aliphatic heterocycles. The molecule has 0 unspecified atom stereocenters. The molecular weight excluding hydrogens is 664 g/mol. The first kappa shape index (κ1) is 39.2. The minimum atomic E-state index is -0.234. The summed E-state index contributed by atoms with van der Waals surface area (Å²) in [6, 6.07) is 16.9. The number of allylic oxidation sites excluding steroid dienone is 8. The molecule has 0 radical (unpaired) electrons. The zero-order valence-corrected chi connectivity index (χ0v) is 31.5. The standard InChI is InChI=1S/C44H55FN6O2/c1-3-4-5-6-7-8-9-10-11-12-13-14-15-16-17-20-39(52)30-34-53-42-27-31-46-43(48-42)49(2)38-28-32-50(33-29-38)44-47-40-21-18-19-22-41(40)51(44)35-36-23-25-37(45)26-24-36/h4-5,7-8,10-11,13-14,18-19,21-27,31,38H,3,6,9,12,15-17,20,28-30,32-35H2,1-2H3/b5-4-,8-7-,11-10-,14-13-. The highest BCUT2D eigenvalue weighted by Crippen LogP contribution is 2.28. The predicted molar refractivity (Wildman–Crippen MR) is 215 cm³/mol. The number of halogens is 1. The van der Waals surface area contributed by atoms with E-state index in [1.165, 1.54) is 12.1 Å². The van der Waals surface area contributed by atoms with Gasteiger partial charge in [-0.1, -0.05) is 79.8 Å². The first-order valence-electron chi connectivity index (χ1n) is 19.3. The number of imidazole rings is 1. The van der Waals surface area contributed by atoms with Crippen LogP contribution in [0, 0.1) is 5.82 Å². The second kappa shape index (κ2) is 21.5. The highest BCUT2D eigenvalue weighted by atomic mass is 19.1. The van der Waals surface area contributed by atoms with Crippen molar-refractivity contribution in [1.82, 2.24) is 19.5 Å². The quantitative estimate of drug-likeness (QED) is 0.0627. The van der Waals surface area contributed by atoms with Gasteiger partial charge >= 0.3 is 0 Å². The number of anilines is 2. The Hall–Kier alpha value is -5.05. The lowest BCUT2D eigenvalue weighted by atomic mass is 10.0. The van der Waals surface area contributed by atoms with Crippen LogP contribution in [0.5, 0.6) is 5.88 Å². The maximum absolute atomic E-state index is 13.6. The van der Waals surface area contributed by atoms with Crippen molar-refractivity contribution in [3.05, 3.63) is 121 Å². The lowest BCUT2D eigenvalue weighted by Gasteiger charge is -2.37. The van der Waals surface area contributed by atoms with Crippen LogP contribution in [-0.4, -0.2) is 58.1 Å². The second-order valence-electron chi connectivity index (χ2n) is 13.5. The van der Waals surface area contributed by atoms with Crippen molar-refractivity contribution in [2.75, 3.05) is 36.5 Å². The van der Waals surface area contributed by atoms with Gasteiger partial charge in [-0.25, -0.2) is 14.4 Å². The Morgan fingerprint density at radius 2 is 1.57 bits per heavy atom. The van der Waals surface area contributed by atoms with Crippen LogP contribution < -0.4 is 14.5 Å². The molecule has 53 heavy (non-hydrogen) atoms. The lowest BCUT2D eigenvalue weighted by molar-refractivity contribution is -0.119. The number of nitrogens with zero attached hydrogens (tertiary/aromatic N) is 6. The molecule has 0 N–H and O–H groups in total. The molecule has 2 aromatic carbocycles. The van der Waals surface area contributed by atoms with E-state index in [0.29, 0.717) is 37.8 Å². The minimum Gasteiger partial charge on any atom is -0.477 e. The number of unbranched alkanes of at least 4 members (excludes halogenated alkanes) is 2. The molecule has 1 aliphatic rings. The topological polar surface area (TPSA) is 76.4 Å². The average Bonchev–Trinajstić information content (AvgIpc) is 3.55. The molecule has 4 aromatic rings. The maximum Gasteiger partial charge on any atom is 0.228 e. The van der Waals surface area contributed by atoms with Crippen molar-refractivity contribution in [3.8, 4) is 5.88 Å². The number of rotatable bonds is 21. The van der Waals surface area contributed by atoms with Gasteiger partial charge < -0.3 is 19.1 Å². The number of Topliss-reactive ketones (excluding diaryl/α,β-unsaturated/α-hetero) is 1. The number of ketones is 1. The van der Waals surface area contributed by atoms with E-state index < -0.39 is 0 Å². The summed E-state index contributed by atoms with van der Waals surface area (Å²) in [5.41, 5.74) is 3.05. The molecule has 9 heteroatoms. The normalized spacial score (nSPS) is 14.1. The fourth-order valence-electron chi connectivity index (χ4n) is 6.51. The number of ether oxygens (including phenoxy) is 1. The van der Waals surface area contributed by atoms with Gasteiger partial charge in [-0.2, -0.15) is 4.98 Å². The van der Waals surface area contributed by atoms with Crippen LogP contribution in [-0.2, 0) is 11.3 Å². The number of carbonyl (C=O) groups is 1. The summed E-state index contributed by atoms with van der Waals surface area (Å²) in [5.74, 6) is 2.03. The van der Waals surface area contributed by atoms with Gasteiger partial charge in [0.1, 0.15) is 11.6 Å². The van der Waals surface area contributed by atoms with Crippen molar-refractivity contribution in [3.63, 3.8) is 0 Å². The number of benzene rings is 2. The molecule has 1 saturated heterocycles. The van der Waals surface area contributed by atoms with E-state index in [1.54, 1.807) is 12.3 Å². The third kappa shape index (κ3) is 12.5. The summed E-state index contributed by atoms with van der Waals surface area (Å²) in [4.78, 5) is 31.2. The molecule has 0 atom stereocenters. The number of fused-ring (bicyclic) bond motifs is 1. The Morgan fingerprint density at radius 1 is 0.868 bits per heavy atom. The van der Waals surface area contributed by atoms with Crippen LogP contribution >= 0.6 is 0 Å². The highest BCUT2D eigenvalue weighted by Gasteiger charge is 2.27. The van der Waals surface area contributed by atoms with E-state index in [9.17, 15) is 9.18 Å². The summed E-state index contributed by atoms with van der Waals surface area (Å²) in [6.07, 6.45) is 29.1. The van der Waals surface area contributed by atoms with Gasteiger partial charge in [-0.15, -0.1) is 0 Å². The van der Waals surface area contributed by atoms with Crippen LogP contribution in [0.25, 0.3) is 11.0 Å². The SMILES string of the molecule is CC/C=C\C/C=C\C/C=C\C/C=C\CCCCC(=O)CCOc1ccnc(N(C)C2CCN(c3nc4ccccc4n3Cc3ccc(F)cc3)CC2)n1. The zero-order valence-electron chi connectivity index (χ0n) is 31.5. The molecule has 3 heterocycles. The van der Waals surface area contributed by atoms with E-state index in [-0.39, 0.29) is 17.6 Å². The molecular formula is C44H55FN6O2. The third-order valence-corrected chi connectivity index (χ3v) is 9.54. The second-order valence-corrected chi connectivity index (χ2v) is 13.5. The van der Waals surface area contributed by atoms with Crippen molar-refractivity contribution >= 4 is 28.7 Å². The van der Waals surface area contributed by atoms with Gasteiger partial charge in [0.15, 0.2) is 0 Å². The van der Waals surface area contributed by atoms with Crippen LogP contribution in [0.4, 0.5) is 16.3 Å². The fourth-order valence-corrected chi connectivity index (χ4v) is 6.51. The van der Waals surface area contributed by atoms with Gasteiger partial charge in [-0.3, -0.25) is 4.79 Å². The molecule has 8 nitrogen and oxygen atoms in total. The summed E-state index contributed by atoms with van der Waals surface area (Å²) < 4.78 is 21.7. The molecule has 2 aromatic heterocycles. The van der Waals surface area contributed by atoms with Crippen molar-refractivity contribution in [1.29, 1.82) is 0 Å². The average molecular weight is 719 g/mol. The van der Waals surface area contributed by atoms with Gasteiger partial charge in [0, 0.05) is 51.3 Å². The van der Waals surface area contributed by atoms with Gasteiger partial charge in [0.05, 0.1) is 24.2 Å². The number of aromatic nitrogens is 4. The fraction of sp³-hybridized carbons (Fsp3) is 0.409. The molecule has 1 fully saturated rings. The summed E-state index contributed by atoms with van der Waals surface area (Å²) in [5, 5.41) is 0. The number of piperidine rings is 1. The van der Waals surface area contributed by atoms with Crippen LogP contribution in [0.3, 0.4) is 0 Å². The summed E-state index contributed by atoms with van der Waals surface area (Å²) in [7, 11) is 2.03. The predicted octanol–water partition coefficient (Wildman–Crippen LogP) is 9.82. The third-order valence-electron chi connectivity index (χ3n) is 9.54. The number of carbonyl (C=O) groups excluding carboxylic acids is 1. The van der Waals surface area contributed by atoms with Crippen LogP contribution in [0.1, 0.15) is 83.1 Å². The molecule has 0 amide bonds. The number of para-hydroxylation sites is 2. The van der Waals surface area contributed by atoms with Crippen LogP contribution in [0.15, 0.2) is 109 Å². The van der Waals surface area contributed by atoms with Crippen molar-refractivity contribution in [2.24, 2.45) is 0 Å². The molecule has 0 saturated carbocycles. The summed E-state index contributed by atoms with van der Waals surface area (Å²) >= 11 is 0. The maximum atomic E-state index is 13.6. The highest BCUT2D eigenvalue weighted by molar-refractivity contribution is 5.79. The first-order chi connectivity index (χ1) is 26.0. The molecule has 0 bridgehead atoms. The van der Waals surface area contributed by atoms with Crippen molar-refractivity contribution in [2.45, 2.75) is 90.1 Å². The number of hydrogen-bond donors (Lipinski definition) is 0. The Balaban J connectivity index is 0.998. The monoisotopic (exact) mass is 718 g/mol. The molecule has 5 rings (SSSR count). The summed E-state index contributed by atoms with van der Waals surface area (Å²) in [6.45, 7) is 4.76. The lowest BCUT2D eigenvalue weighted by Crippen LogP contribution is -2.44. The largest absolute Gasteiger partial charge is 0.477 e. The molecule has 280 valence electrons. The van der Waals surface area contributed by atoms with Gasteiger partial charge in [0.25, 0.3) is 0 Å². The zero-order chi connectivity index (χ0) is 37.1. The Labute approximate surface area is 314 Å². The van der Waals surface area contributed by atoms with Gasteiger partial charge in [-0.05, 0) is 87.6 Å². The minimum absolute atomic E-state index is 0.222. The Morgan fingerprint density at radius 3 is 2.30 bits per heavy atom. The van der Waals surface area contributed by atoms with E-state index in [0.717, 1.165) is 93.4 Å². The van der Waals surface area contributed by atoms with E-state index in [2.05, 4.69) is 85.9 Å². The smallest absolute Gasteiger partial charge is 0.228 e. The number of hydrogen-bond acceptors (Lipinski definition) is 7. The molecule has 0 spiro atoms. The van der Waals surface area contributed by atoms with Gasteiger partial charge in [0.2, 0.25) is 17.8 Å². The van der Waals surface area contributed by atoms with E-state index >= 15 is 0 Å². The Kier molecular flexibility index (Phi) is 15.9. The van der Waals surface area contributed by atoms with Crippen molar-refractivity contribution < 1.29 is 13.9 Å². The van der Waals surface area contributed by atoms with E-state index in [4.69, 9.17) is 9.72 Å². The molecule has 0 aliphatic carbocycles. The Bertz CT molecular complexity index is 1820. The van der Waals surface area contributed by atoms with E-state index in [1.807, 2.05) is 37.4 Å². The first-order valence-corrected chi connectivity index (χ1v) is 19.3. The van der Waals surface area contributed by atoms with Crippen LogP contribution in [0.2, 0.25) is 0 Å².